The number of carboxylic acids is 1. The molecule has 1 unspecified atom stereocenters. The van der Waals surface area contributed by atoms with Crippen LogP contribution in [0.3, 0.4) is 0 Å². The number of carbonyl (C=O) groups excluding carboxylic acids is 1. The highest BCUT2D eigenvalue weighted by molar-refractivity contribution is 5.82. The van der Waals surface area contributed by atoms with Crippen molar-refractivity contribution < 1.29 is 19.1 Å². The van der Waals surface area contributed by atoms with Gasteiger partial charge in [-0.05, 0) is 30.5 Å². The molecule has 0 heterocycles. The molecule has 21 heavy (non-hydrogen) atoms. The number of carbonyl (C=O) groups is 2. The lowest BCUT2D eigenvalue weighted by Gasteiger charge is -2.19. The van der Waals surface area contributed by atoms with Crippen LogP contribution >= 0.6 is 0 Å². The van der Waals surface area contributed by atoms with Gasteiger partial charge in [0.2, 0.25) is 5.91 Å². The number of halogens is 1. The summed E-state index contributed by atoms with van der Waals surface area (Å²) in [7, 11) is 0. The molecular formula is C15H19FN2O3. The molecule has 1 amide bonds. The van der Waals surface area contributed by atoms with Crippen molar-refractivity contribution >= 4 is 11.9 Å². The van der Waals surface area contributed by atoms with Crippen LogP contribution in [0.1, 0.15) is 18.4 Å². The van der Waals surface area contributed by atoms with Gasteiger partial charge in [-0.25, -0.2) is 4.39 Å². The maximum Gasteiger partial charge on any atom is 0.305 e. The van der Waals surface area contributed by atoms with Gasteiger partial charge in [-0.15, -0.1) is 6.58 Å². The zero-order chi connectivity index (χ0) is 15.8. The topological polar surface area (TPSA) is 92.4 Å². The van der Waals surface area contributed by atoms with Crippen LogP contribution in [0.5, 0.6) is 0 Å². The van der Waals surface area contributed by atoms with Gasteiger partial charge in [-0.1, -0.05) is 18.2 Å². The highest BCUT2D eigenvalue weighted by Gasteiger charge is 2.20. The van der Waals surface area contributed by atoms with E-state index in [4.69, 9.17) is 10.8 Å². The third-order valence-corrected chi connectivity index (χ3v) is 2.90. The molecule has 0 saturated carbocycles. The van der Waals surface area contributed by atoms with Gasteiger partial charge in [0.05, 0.1) is 12.5 Å². The van der Waals surface area contributed by atoms with Gasteiger partial charge in [0.25, 0.3) is 0 Å². The highest BCUT2D eigenvalue weighted by Crippen LogP contribution is 2.09. The molecule has 4 N–H and O–H groups in total. The van der Waals surface area contributed by atoms with Crippen LogP contribution in [0.25, 0.3) is 0 Å². The largest absolute Gasteiger partial charge is 0.481 e. The van der Waals surface area contributed by atoms with Gasteiger partial charge in [-0.3, -0.25) is 9.59 Å². The standard InChI is InChI=1S/C15H19FN2O3/c1-2-4-13(17)15(21)18-12(9-14(19)20)8-10-5-3-6-11(16)7-10/h2-3,5-7,12-13H,1,4,8-9,17H2,(H,18,21)(H,19,20)/t12-,13?/m1/s1. The van der Waals surface area contributed by atoms with Crippen molar-refractivity contribution in [3.8, 4) is 0 Å². The van der Waals surface area contributed by atoms with E-state index in [1.54, 1.807) is 6.07 Å². The van der Waals surface area contributed by atoms with Crippen molar-refractivity contribution in [2.75, 3.05) is 0 Å². The van der Waals surface area contributed by atoms with Gasteiger partial charge in [0.1, 0.15) is 5.82 Å². The maximum absolute atomic E-state index is 13.1. The van der Waals surface area contributed by atoms with Crippen molar-refractivity contribution in [1.82, 2.24) is 5.32 Å². The van der Waals surface area contributed by atoms with E-state index in [1.165, 1.54) is 24.3 Å². The number of carboxylic acid groups (broad SMARTS) is 1. The normalized spacial score (nSPS) is 13.2. The van der Waals surface area contributed by atoms with E-state index in [2.05, 4.69) is 11.9 Å². The highest BCUT2D eigenvalue weighted by atomic mass is 19.1. The fourth-order valence-electron chi connectivity index (χ4n) is 1.93. The summed E-state index contributed by atoms with van der Waals surface area (Å²) in [4.78, 5) is 22.7. The predicted molar refractivity (Wildman–Crippen MR) is 77.1 cm³/mol. The van der Waals surface area contributed by atoms with Crippen LogP contribution in [0.2, 0.25) is 0 Å². The quantitative estimate of drug-likeness (QED) is 0.629. The molecule has 0 bridgehead atoms. The summed E-state index contributed by atoms with van der Waals surface area (Å²) in [6, 6.07) is 4.40. The van der Waals surface area contributed by atoms with E-state index in [1.807, 2.05) is 0 Å². The molecule has 0 fully saturated rings. The molecule has 2 atom stereocenters. The average molecular weight is 294 g/mol. The molecule has 0 aliphatic carbocycles. The minimum atomic E-state index is -1.05. The smallest absolute Gasteiger partial charge is 0.305 e. The first-order valence-corrected chi connectivity index (χ1v) is 6.55. The van der Waals surface area contributed by atoms with E-state index in [0.29, 0.717) is 12.0 Å². The van der Waals surface area contributed by atoms with Gasteiger partial charge in [0.15, 0.2) is 0 Å². The Kier molecular flexibility index (Phi) is 6.55. The molecule has 0 aliphatic rings. The van der Waals surface area contributed by atoms with E-state index in [0.717, 1.165) is 0 Å². The third kappa shape index (κ3) is 6.18. The van der Waals surface area contributed by atoms with E-state index in [9.17, 15) is 14.0 Å². The molecule has 114 valence electrons. The van der Waals surface area contributed by atoms with Gasteiger partial charge < -0.3 is 16.2 Å². The zero-order valence-corrected chi connectivity index (χ0v) is 11.6. The first kappa shape index (κ1) is 16.8. The Morgan fingerprint density at radius 3 is 2.76 bits per heavy atom. The van der Waals surface area contributed by atoms with Crippen molar-refractivity contribution in [3.63, 3.8) is 0 Å². The lowest BCUT2D eigenvalue weighted by atomic mass is 10.0. The monoisotopic (exact) mass is 294 g/mol. The molecule has 1 rings (SSSR count). The Morgan fingerprint density at radius 1 is 1.48 bits per heavy atom. The fourth-order valence-corrected chi connectivity index (χ4v) is 1.93. The van der Waals surface area contributed by atoms with Crippen LogP contribution in [-0.4, -0.2) is 29.1 Å². The molecule has 5 nitrogen and oxygen atoms in total. The summed E-state index contributed by atoms with van der Waals surface area (Å²) in [6.45, 7) is 3.49. The number of nitrogens with one attached hydrogen (secondary N) is 1. The average Bonchev–Trinajstić information content (AvgIpc) is 2.38. The van der Waals surface area contributed by atoms with Gasteiger partial charge in [-0.2, -0.15) is 0 Å². The van der Waals surface area contributed by atoms with Crippen LogP contribution in [0, 0.1) is 5.82 Å². The summed E-state index contributed by atoms with van der Waals surface area (Å²) in [5.74, 6) is -1.90. The number of nitrogens with two attached hydrogens (primary N) is 1. The van der Waals surface area contributed by atoms with E-state index < -0.39 is 29.8 Å². The zero-order valence-electron chi connectivity index (χ0n) is 11.6. The predicted octanol–water partition coefficient (Wildman–Crippen LogP) is 1.23. The molecule has 1 aromatic carbocycles. The third-order valence-electron chi connectivity index (χ3n) is 2.90. The number of rotatable bonds is 8. The summed E-state index contributed by atoms with van der Waals surface area (Å²) in [5.41, 5.74) is 6.24. The van der Waals surface area contributed by atoms with Crippen molar-refractivity contribution in [2.24, 2.45) is 5.73 Å². The van der Waals surface area contributed by atoms with Gasteiger partial charge in [0, 0.05) is 6.04 Å². The number of hydrogen-bond donors (Lipinski definition) is 3. The molecular weight excluding hydrogens is 275 g/mol. The SMILES string of the molecule is C=CCC(N)C(=O)N[C@@H](CC(=O)O)Cc1cccc(F)c1. The lowest BCUT2D eigenvalue weighted by Crippen LogP contribution is -2.46. The number of aliphatic carboxylic acids is 1. The molecule has 0 radical (unpaired) electrons. The van der Waals surface area contributed by atoms with Crippen LogP contribution < -0.4 is 11.1 Å². The van der Waals surface area contributed by atoms with Crippen LogP contribution in [0.4, 0.5) is 4.39 Å². The maximum atomic E-state index is 13.1. The minimum absolute atomic E-state index is 0.219. The second-order valence-electron chi connectivity index (χ2n) is 4.77. The van der Waals surface area contributed by atoms with Crippen molar-refractivity contribution in [1.29, 1.82) is 0 Å². The molecule has 0 aliphatic heterocycles. The molecule has 0 spiro atoms. The van der Waals surface area contributed by atoms with Crippen LogP contribution in [-0.2, 0) is 16.0 Å². The van der Waals surface area contributed by atoms with Gasteiger partial charge >= 0.3 is 5.97 Å². The number of benzene rings is 1. The number of hydrogen-bond acceptors (Lipinski definition) is 3. The summed E-state index contributed by atoms with van der Waals surface area (Å²) in [6.07, 6.45) is 1.77. The molecule has 0 saturated heterocycles. The Hall–Kier alpha value is -2.21. The van der Waals surface area contributed by atoms with E-state index >= 15 is 0 Å². The summed E-state index contributed by atoms with van der Waals surface area (Å²) in [5, 5.41) is 11.5. The Morgan fingerprint density at radius 2 is 2.19 bits per heavy atom. The van der Waals surface area contributed by atoms with E-state index in [-0.39, 0.29) is 12.8 Å². The second kappa shape index (κ2) is 8.16. The molecule has 1 aromatic rings. The first-order chi connectivity index (χ1) is 9.92. The molecule has 6 heteroatoms. The number of amides is 1. The summed E-state index contributed by atoms with van der Waals surface area (Å²) < 4.78 is 13.1. The molecule has 0 aromatic heterocycles. The minimum Gasteiger partial charge on any atom is -0.481 e. The Balaban J connectivity index is 2.73. The Bertz CT molecular complexity index is 519. The first-order valence-electron chi connectivity index (χ1n) is 6.55. The fraction of sp³-hybridized carbons (Fsp3) is 0.333. The Labute approximate surface area is 122 Å². The summed E-state index contributed by atoms with van der Waals surface area (Å²) >= 11 is 0. The second-order valence-corrected chi connectivity index (χ2v) is 4.77. The van der Waals surface area contributed by atoms with Crippen LogP contribution in [0.15, 0.2) is 36.9 Å². The van der Waals surface area contributed by atoms with Crippen molar-refractivity contribution in [2.45, 2.75) is 31.3 Å². The van der Waals surface area contributed by atoms with Crippen molar-refractivity contribution in [3.05, 3.63) is 48.3 Å². The lowest BCUT2D eigenvalue weighted by molar-refractivity contribution is -0.137.